The van der Waals surface area contributed by atoms with Gasteiger partial charge in [-0.25, -0.2) is 0 Å². The summed E-state index contributed by atoms with van der Waals surface area (Å²) in [6.07, 6.45) is 2.51. The van der Waals surface area contributed by atoms with Gasteiger partial charge in [-0.3, -0.25) is 0 Å². The minimum Gasteiger partial charge on any atom is -0.326 e. The molecule has 84 valence electrons. The lowest BCUT2D eigenvalue weighted by Gasteiger charge is -2.32. The molecule has 0 fully saturated rings. The van der Waals surface area contributed by atoms with Crippen molar-refractivity contribution in [3.63, 3.8) is 0 Å². The van der Waals surface area contributed by atoms with E-state index in [2.05, 4.69) is 51.2 Å². The smallest absolute Gasteiger partial charge is 0.0787 e. The number of quaternary nitrogens is 1. The lowest BCUT2D eigenvalue weighted by atomic mass is 10.1. The molecule has 0 heterocycles. The lowest BCUT2D eigenvalue weighted by Crippen LogP contribution is -2.44. The van der Waals surface area contributed by atoms with E-state index in [9.17, 15) is 0 Å². The number of nitrogens with zero attached hydrogens (tertiary/aromatic N) is 1. The monoisotopic (exact) mass is 206 g/mol. The van der Waals surface area contributed by atoms with Crippen molar-refractivity contribution in [2.24, 2.45) is 0 Å². The number of benzene rings is 1. The molecule has 0 radical (unpaired) electrons. The first kappa shape index (κ1) is 12.3. The third-order valence-electron chi connectivity index (χ3n) is 3.53. The van der Waals surface area contributed by atoms with E-state index in [1.807, 2.05) is 0 Å². The van der Waals surface area contributed by atoms with Crippen LogP contribution in [0.3, 0.4) is 0 Å². The second-order valence-electron chi connectivity index (χ2n) is 4.56. The predicted octanol–water partition coefficient (Wildman–Crippen LogP) is 3.11. The van der Waals surface area contributed by atoms with Crippen LogP contribution in [0.1, 0.15) is 25.8 Å². The summed E-state index contributed by atoms with van der Waals surface area (Å²) in [5.41, 5.74) is 1.47. The van der Waals surface area contributed by atoms with Gasteiger partial charge in [0.15, 0.2) is 0 Å². The van der Waals surface area contributed by atoms with E-state index in [0.717, 1.165) is 0 Å². The quantitative estimate of drug-likeness (QED) is 0.627. The van der Waals surface area contributed by atoms with Crippen LogP contribution in [-0.4, -0.2) is 31.2 Å². The Morgan fingerprint density at radius 1 is 1.00 bits per heavy atom. The van der Waals surface area contributed by atoms with Crippen LogP contribution in [0.15, 0.2) is 30.3 Å². The molecule has 1 nitrogen and oxygen atoms in total. The molecular formula is C14H24N+. The van der Waals surface area contributed by atoms with Gasteiger partial charge in [-0.15, -0.1) is 0 Å². The third-order valence-corrected chi connectivity index (χ3v) is 3.53. The molecule has 0 saturated carbocycles. The summed E-state index contributed by atoms with van der Waals surface area (Å²) in [5, 5.41) is 0. The average molecular weight is 206 g/mol. The zero-order valence-corrected chi connectivity index (χ0v) is 10.4. The normalized spacial score (nSPS) is 11.7. The van der Waals surface area contributed by atoms with Crippen LogP contribution < -0.4 is 0 Å². The molecule has 0 aliphatic heterocycles. The number of hydrogen-bond donors (Lipinski definition) is 0. The van der Waals surface area contributed by atoms with Crippen molar-refractivity contribution in [3.8, 4) is 0 Å². The van der Waals surface area contributed by atoms with Gasteiger partial charge in [0.05, 0.1) is 26.7 Å². The molecule has 15 heavy (non-hydrogen) atoms. The largest absolute Gasteiger partial charge is 0.326 e. The van der Waals surface area contributed by atoms with Crippen molar-refractivity contribution in [3.05, 3.63) is 35.9 Å². The van der Waals surface area contributed by atoms with Gasteiger partial charge >= 0.3 is 0 Å². The van der Waals surface area contributed by atoms with E-state index in [-0.39, 0.29) is 0 Å². The summed E-state index contributed by atoms with van der Waals surface area (Å²) in [6, 6.07) is 10.8. The van der Waals surface area contributed by atoms with Gasteiger partial charge in [0.2, 0.25) is 0 Å². The fourth-order valence-electron chi connectivity index (χ4n) is 1.85. The minimum absolute atomic E-state index is 1.20. The standard InChI is InChI=1S/C14H24N/c1-4-15(3,5-2)13-9-12-14-10-7-6-8-11-14/h6-8,10-11H,4-5,9,12-13H2,1-3H3/q+1. The Balaban J connectivity index is 2.33. The van der Waals surface area contributed by atoms with Crippen LogP contribution >= 0.6 is 0 Å². The number of aryl methyl sites for hydroxylation is 1. The van der Waals surface area contributed by atoms with Gasteiger partial charge in [-0.1, -0.05) is 30.3 Å². The minimum atomic E-state index is 1.20. The highest BCUT2D eigenvalue weighted by molar-refractivity contribution is 5.14. The zero-order chi connectivity index (χ0) is 11.1. The SMILES string of the molecule is CC[N+](C)(CC)CCCc1ccccc1. The Morgan fingerprint density at radius 3 is 2.13 bits per heavy atom. The van der Waals surface area contributed by atoms with Gasteiger partial charge in [-0.2, -0.15) is 0 Å². The van der Waals surface area contributed by atoms with E-state index in [0.29, 0.717) is 0 Å². The van der Waals surface area contributed by atoms with Crippen LogP contribution in [0.2, 0.25) is 0 Å². The highest BCUT2D eigenvalue weighted by Crippen LogP contribution is 2.07. The van der Waals surface area contributed by atoms with Crippen molar-refractivity contribution in [1.82, 2.24) is 0 Å². The molecule has 0 bridgehead atoms. The molecule has 0 aliphatic carbocycles. The summed E-state index contributed by atoms with van der Waals surface area (Å²) in [5.74, 6) is 0. The molecule has 0 atom stereocenters. The molecule has 0 aromatic heterocycles. The lowest BCUT2D eigenvalue weighted by molar-refractivity contribution is -0.906. The Bertz CT molecular complexity index is 262. The third kappa shape index (κ3) is 4.05. The van der Waals surface area contributed by atoms with Crippen molar-refractivity contribution in [2.75, 3.05) is 26.7 Å². The predicted molar refractivity (Wildman–Crippen MR) is 66.9 cm³/mol. The first-order valence-corrected chi connectivity index (χ1v) is 6.07. The molecule has 1 aromatic carbocycles. The maximum Gasteiger partial charge on any atom is 0.0787 e. The molecule has 0 saturated heterocycles. The molecule has 0 N–H and O–H groups in total. The van der Waals surface area contributed by atoms with E-state index >= 15 is 0 Å². The van der Waals surface area contributed by atoms with Crippen molar-refractivity contribution < 1.29 is 4.48 Å². The Morgan fingerprint density at radius 2 is 1.60 bits per heavy atom. The molecule has 1 aromatic rings. The van der Waals surface area contributed by atoms with Crippen LogP contribution in [-0.2, 0) is 6.42 Å². The zero-order valence-electron chi connectivity index (χ0n) is 10.4. The Hall–Kier alpha value is -0.820. The summed E-state index contributed by atoms with van der Waals surface area (Å²) >= 11 is 0. The molecule has 1 heteroatoms. The van der Waals surface area contributed by atoms with Gasteiger partial charge in [0.25, 0.3) is 0 Å². The number of hydrogen-bond acceptors (Lipinski definition) is 0. The summed E-state index contributed by atoms with van der Waals surface area (Å²) in [4.78, 5) is 0. The number of rotatable bonds is 6. The highest BCUT2D eigenvalue weighted by Gasteiger charge is 2.14. The van der Waals surface area contributed by atoms with Crippen LogP contribution in [0.5, 0.6) is 0 Å². The van der Waals surface area contributed by atoms with E-state index in [1.54, 1.807) is 0 Å². The fraction of sp³-hybridized carbons (Fsp3) is 0.571. The van der Waals surface area contributed by atoms with E-state index in [1.165, 1.54) is 42.5 Å². The molecular weight excluding hydrogens is 182 g/mol. The molecule has 0 unspecified atom stereocenters. The van der Waals surface area contributed by atoms with Gasteiger partial charge < -0.3 is 4.48 Å². The second kappa shape index (κ2) is 5.92. The van der Waals surface area contributed by atoms with Crippen LogP contribution in [0, 0.1) is 0 Å². The molecule has 1 rings (SSSR count). The fourth-order valence-corrected chi connectivity index (χ4v) is 1.85. The Labute approximate surface area is 94.3 Å². The van der Waals surface area contributed by atoms with Gasteiger partial charge in [0, 0.05) is 6.42 Å². The van der Waals surface area contributed by atoms with Gasteiger partial charge in [0.1, 0.15) is 0 Å². The summed E-state index contributed by atoms with van der Waals surface area (Å²) < 4.78 is 1.20. The molecule has 0 aliphatic rings. The van der Waals surface area contributed by atoms with Crippen molar-refractivity contribution in [2.45, 2.75) is 26.7 Å². The van der Waals surface area contributed by atoms with Crippen molar-refractivity contribution in [1.29, 1.82) is 0 Å². The highest BCUT2D eigenvalue weighted by atomic mass is 15.3. The first-order chi connectivity index (χ1) is 7.20. The molecule has 0 spiro atoms. The topological polar surface area (TPSA) is 0 Å². The van der Waals surface area contributed by atoms with Crippen LogP contribution in [0.4, 0.5) is 0 Å². The van der Waals surface area contributed by atoms with Crippen molar-refractivity contribution >= 4 is 0 Å². The maximum absolute atomic E-state index is 2.35. The van der Waals surface area contributed by atoms with E-state index < -0.39 is 0 Å². The van der Waals surface area contributed by atoms with Crippen LogP contribution in [0.25, 0.3) is 0 Å². The Kier molecular flexibility index (Phi) is 4.83. The van der Waals surface area contributed by atoms with E-state index in [4.69, 9.17) is 0 Å². The van der Waals surface area contributed by atoms with Gasteiger partial charge in [-0.05, 0) is 25.8 Å². The summed E-state index contributed by atoms with van der Waals surface area (Å²) in [6.45, 7) is 8.34. The average Bonchev–Trinajstić information content (AvgIpc) is 2.30. The second-order valence-corrected chi connectivity index (χ2v) is 4.56. The molecule has 0 amide bonds. The maximum atomic E-state index is 2.35. The summed E-state index contributed by atoms with van der Waals surface area (Å²) in [7, 11) is 2.35. The first-order valence-electron chi connectivity index (χ1n) is 6.07.